The molecule has 4 aliphatic carbocycles. The topological polar surface area (TPSA) is 226 Å². The monoisotopic (exact) mass is 888 g/mol. The molecule has 0 aromatic heterocycles. The van der Waals surface area contributed by atoms with Gasteiger partial charge in [-0.2, -0.15) is 0 Å². The first kappa shape index (κ1) is 47.9. The Labute approximate surface area is 369 Å². The second-order valence-corrected chi connectivity index (χ2v) is 19.6. The number of Topliss-reactive ketones (excluding diaryl/α,β-unsaturated/α-hetero) is 1. The molecule has 5 N–H and O–H groups in total. The first-order valence-corrected chi connectivity index (χ1v) is 22.7. The number of carbonyl (C=O) groups is 3. The second kappa shape index (κ2) is 19.1. The van der Waals surface area contributed by atoms with Gasteiger partial charge in [0.2, 0.25) is 0 Å². The van der Waals surface area contributed by atoms with E-state index in [1.807, 2.05) is 20.8 Å². The molecule has 5 fully saturated rings. The molecule has 17 atom stereocenters. The summed E-state index contributed by atoms with van der Waals surface area (Å²) in [4.78, 5) is 39.7. The maximum Gasteiger partial charge on any atom is 0.338 e. The Morgan fingerprint density at radius 2 is 1.54 bits per heavy atom. The van der Waals surface area contributed by atoms with E-state index in [1.54, 1.807) is 19.1 Å². The lowest BCUT2D eigenvalue weighted by Crippen LogP contribution is -2.63. The van der Waals surface area contributed by atoms with Crippen LogP contribution in [-0.2, 0) is 42.7 Å². The molecule has 7 rings (SSSR count). The minimum atomic E-state index is -2.02. The van der Waals surface area contributed by atoms with Crippen molar-refractivity contribution in [3.63, 3.8) is 0 Å². The van der Waals surface area contributed by atoms with E-state index in [2.05, 4.69) is 13.0 Å². The summed E-state index contributed by atoms with van der Waals surface area (Å²) in [5.74, 6) is -2.77. The number of esters is 2. The molecule has 352 valence electrons. The second-order valence-electron chi connectivity index (χ2n) is 19.6. The summed E-state index contributed by atoms with van der Waals surface area (Å²) in [5, 5.41) is 56.8. The first-order chi connectivity index (χ1) is 29.8. The van der Waals surface area contributed by atoms with E-state index in [0.717, 1.165) is 32.6 Å². The Bertz CT molecular complexity index is 1820. The molecule has 0 spiro atoms. The lowest BCUT2D eigenvalue weighted by Gasteiger charge is -2.58. The molecule has 3 saturated carbocycles. The Morgan fingerprint density at radius 1 is 0.857 bits per heavy atom. The summed E-state index contributed by atoms with van der Waals surface area (Å²) in [6.45, 7) is 10.4. The average Bonchev–Trinajstić information content (AvgIpc) is 3.46. The van der Waals surface area contributed by atoms with Gasteiger partial charge in [-0.05, 0) is 112 Å². The highest BCUT2D eigenvalue weighted by molar-refractivity contribution is 5.89. The molecule has 2 saturated heterocycles. The molecule has 6 aliphatic rings. The van der Waals surface area contributed by atoms with Gasteiger partial charge in [-0.1, -0.05) is 39.3 Å². The van der Waals surface area contributed by atoms with Crippen LogP contribution in [0, 0.1) is 34.5 Å². The quantitative estimate of drug-likeness (QED) is 0.102. The maximum atomic E-state index is 13.6. The number of hydrogen-bond donors (Lipinski definition) is 5. The van der Waals surface area contributed by atoms with Crippen LogP contribution in [0.2, 0.25) is 0 Å². The highest BCUT2D eigenvalue weighted by Crippen LogP contribution is 2.68. The molecule has 16 heteroatoms. The van der Waals surface area contributed by atoms with Crippen molar-refractivity contribution in [1.29, 1.82) is 0 Å². The van der Waals surface area contributed by atoms with Crippen molar-refractivity contribution in [2.45, 2.75) is 173 Å². The number of hydrogen-bond acceptors (Lipinski definition) is 16. The van der Waals surface area contributed by atoms with Gasteiger partial charge >= 0.3 is 11.9 Å². The van der Waals surface area contributed by atoms with Crippen LogP contribution < -0.4 is 4.74 Å². The van der Waals surface area contributed by atoms with Crippen molar-refractivity contribution in [3.8, 4) is 5.75 Å². The van der Waals surface area contributed by atoms with E-state index in [9.17, 15) is 39.9 Å². The zero-order chi connectivity index (χ0) is 45.6. The Balaban J connectivity index is 1.17. The van der Waals surface area contributed by atoms with Gasteiger partial charge in [-0.3, -0.25) is 9.59 Å². The third-order valence-electron chi connectivity index (χ3n) is 15.3. The third-order valence-corrected chi connectivity index (χ3v) is 15.3. The van der Waals surface area contributed by atoms with Gasteiger partial charge in [0.25, 0.3) is 0 Å². The van der Waals surface area contributed by atoms with E-state index in [-0.39, 0.29) is 59.6 Å². The number of methoxy groups -OCH3 is 1. The zero-order valence-electron chi connectivity index (χ0n) is 37.6. The summed E-state index contributed by atoms with van der Waals surface area (Å²) < 4.78 is 48.1. The first-order valence-electron chi connectivity index (χ1n) is 22.7. The van der Waals surface area contributed by atoms with Gasteiger partial charge < -0.3 is 63.4 Å². The average molecular weight is 889 g/mol. The van der Waals surface area contributed by atoms with Gasteiger partial charge in [0.15, 0.2) is 36.4 Å². The van der Waals surface area contributed by atoms with Crippen molar-refractivity contribution in [1.82, 2.24) is 0 Å². The SMILES string of the molecule is COc1ccc(C(=O)O[C@H]2[C@H](O[C@@H]3[C@@H](OC(C)=O)[C@H](O[C@H]4C[C@H]5[C@@H]6CC=C7C[C@@H](O)CC[C@]7(C)[C@H]6CC[C@]5(C)[C@@]4(O)O[C@H](C)C(=O)CCC(C)C)OC[C@@H]3O)OC[C@@H](O)[C@@H]2O)cc1. The van der Waals surface area contributed by atoms with Crippen molar-refractivity contribution < 1.29 is 77.8 Å². The van der Waals surface area contributed by atoms with E-state index < -0.39 is 91.2 Å². The number of benzene rings is 1. The van der Waals surface area contributed by atoms with Gasteiger partial charge in [0, 0.05) is 18.8 Å². The lowest BCUT2D eigenvalue weighted by molar-refractivity contribution is -0.368. The van der Waals surface area contributed by atoms with Crippen molar-refractivity contribution in [2.75, 3.05) is 20.3 Å². The fraction of sp³-hybridized carbons (Fsp3) is 0.766. The number of aliphatic hydroxyl groups excluding tert-OH is 4. The molecular weight excluding hydrogens is 821 g/mol. The number of allylic oxidation sites excluding steroid dienone is 1. The van der Waals surface area contributed by atoms with Crippen LogP contribution in [0.25, 0.3) is 0 Å². The minimum Gasteiger partial charge on any atom is -0.497 e. The predicted octanol–water partition coefficient (Wildman–Crippen LogP) is 3.75. The molecule has 2 aliphatic heterocycles. The molecular formula is C47H68O16. The largest absolute Gasteiger partial charge is 0.497 e. The predicted molar refractivity (Wildman–Crippen MR) is 223 cm³/mol. The maximum absolute atomic E-state index is 13.6. The van der Waals surface area contributed by atoms with E-state index in [1.165, 1.54) is 24.8 Å². The summed E-state index contributed by atoms with van der Waals surface area (Å²) in [6.07, 6.45) is -6.79. The van der Waals surface area contributed by atoms with Crippen molar-refractivity contribution in [2.24, 2.45) is 34.5 Å². The van der Waals surface area contributed by atoms with Crippen LogP contribution in [-0.4, -0.2) is 137 Å². The standard InChI is InChI=1S/C47H68O16/c1-24(2)8-15-34(50)25(3)63-47(55)37(21-33-31-14-11-28-20-29(49)16-18-45(28,5)32(31)17-19-46(33,47)6)60-44-41(59-26(4)48)39(36(52)23-58-44)62-43-40(38(53)35(51)22-57-43)61-42(54)27-9-12-30(56-7)13-10-27/h9-13,24-25,29,31-33,35-41,43-44,49,51-53,55H,8,14-23H2,1-7H3/t25-,29+,31-,32+,33+,35-,36+,37+,38+,39+,40-,41-,43+,44+,45+,46+,47+/m1/s1. The molecule has 16 nitrogen and oxygen atoms in total. The van der Waals surface area contributed by atoms with Crippen LogP contribution in [0.4, 0.5) is 0 Å². The Kier molecular flexibility index (Phi) is 14.5. The summed E-state index contributed by atoms with van der Waals surface area (Å²) in [7, 11) is 1.48. The molecule has 2 heterocycles. The molecule has 0 radical (unpaired) electrons. The number of ether oxygens (including phenoxy) is 8. The molecule has 0 amide bonds. The molecule has 1 aromatic rings. The number of carbonyl (C=O) groups excluding carboxylic acids is 3. The lowest BCUT2D eigenvalue weighted by atomic mass is 9.47. The van der Waals surface area contributed by atoms with Gasteiger partial charge in [-0.25, -0.2) is 4.79 Å². The zero-order valence-corrected chi connectivity index (χ0v) is 37.6. The van der Waals surface area contributed by atoms with Gasteiger partial charge in [0.1, 0.15) is 42.4 Å². The van der Waals surface area contributed by atoms with Crippen molar-refractivity contribution in [3.05, 3.63) is 41.5 Å². The Morgan fingerprint density at radius 3 is 2.21 bits per heavy atom. The van der Waals surface area contributed by atoms with E-state index in [4.69, 9.17) is 37.9 Å². The molecule has 0 unspecified atom stereocenters. The van der Waals surface area contributed by atoms with Crippen LogP contribution in [0.3, 0.4) is 0 Å². The third kappa shape index (κ3) is 9.36. The van der Waals surface area contributed by atoms with Crippen LogP contribution in [0.5, 0.6) is 5.75 Å². The summed E-state index contributed by atoms with van der Waals surface area (Å²) >= 11 is 0. The van der Waals surface area contributed by atoms with Gasteiger partial charge in [0.05, 0.1) is 32.0 Å². The van der Waals surface area contributed by atoms with Crippen LogP contribution in [0.1, 0.15) is 110 Å². The number of fused-ring (bicyclic) bond motifs is 5. The fourth-order valence-electron chi connectivity index (χ4n) is 11.5. The molecule has 63 heavy (non-hydrogen) atoms. The smallest absolute Gasteiger partial charge is 0.338 e. The molecule has 0 bridgehead atoms. The highest BCUT2D eigenvalue weighted by atomic mass is 16.8. The van der Waals surface area contributed by atoms with Crippen LogP contribution >= 0.6 is 0 Å². The van der Waals surface area contributed by atoms with Crippen molar-refractivity contribution >= 4 is 17.7 Å². The number of rotatable bonds is 14. The number of ketones is 1. The minimum absolute atomic E-state index is 0.110. The summed E-state index contributed by atoms with van der Waals surface area (Å²) in [6, 6.07) is 6.02. The highest BCUT2D eigenvalue weighted by Gasteiger charge is 2.70. The number of aliphatic hydroxyl groups is 5. The fourth-order valence-corrected chi connectivity index (χ4v) is 11.5. The van der Waals surface area contributed by atoms with E-state index >= 15 is 0 Å². The normalized spacial score (nSPS) is 41.7. The molecule has 1 aromatic carbocycles. The van der Waals surface area contributed by atoms with Crippen LogP contribution in [0.15, 0.2) is 35.9 Å². The Hall–Kier alpha value is -3.03. The van der Waals surface area contributed by atoms with E-state index in [0.29, 0.717) is 31.4 Å². The van der Waals surface area contributed by atoms with Gasteiger partial charge in [-0.15, -0.1) is 0 Å². The summed E-state index contributed by atoms with van der Waals surface area (Å²) in [5.41, 5.74) is 0.397.